The minimum Gasteiger partial charge on any atom is -0.465 e. The van der Waals surface area contributed by atoms with E-state index in [0.29, 0.717) is 19.0 Å². The number of thioether (sulfide) groups is 1. The molecule has 0 aromatic carbocycles. The molecule has 17 heavy (non-hydrogen) atoms. The second-order valence-electron chi connectivity index (χ2n) is 4.54. The zero-order chi connectivity index (χ0) is 11.8. The lowest BCUT2D eigenvalue weighted by atomic mass is 9.97. The summed E-state index contributed by atoms with van der Waals surface area (Å²) in [7, 11) is 0. The number of rotatable bonds is 1. The van der Waals surface area contributed by atoms with E-state index in [1.165, 1.54) is 9.81 Å². The smallest absolute Gasteiger partial charge is 0.407 e. The third-order valence-electron chi connectivity index (χ3n) is 3.49. The van der Waals surface area contributed by atoms with Gasteiger partial charge in [0.1, 0.15) is 0 Å². The first-order chi connectivity index (χ1) is 8.24. The van der Waals surface area contributed by atoms with Crippen molar-refractivity contribution in [3.05, 3.63) is 11.1 Å². The van der Waals surface area contributed by atoms with Gasteiger partial charge in [0.05, 0.1) is 6.54 Å². The molecule has 1 fully saturated rings. The van der Waals surface area contributed by atoms with Crippen molar-refractivity contribution in [2.75, 3.05) is 26.2 Å². The fourth-order valence-corrected chi connectivity index (χ4v) is 3.69. The molecule has 0 aromatic rings. The van der Waals surface area contributed by atoms with Crippen LogP contribution in [0.2, 0.25) is 0 Å². The summed E-state index contributed by atoms with van der Waals surface area (Å²) in [6, 6.07) is 0. The Morgan fingerprint density at radius 1 is 1.41 bits per heavy atom. The molecule has 5 nitrogen and oxygen atoms in total. The highest BCUT2D eigenvalue weighted by Gasteiger charge is 2.31. The third kappa shape index (κ3) is 2.01. The molecule has 0 saturated carbocycles. The van der Waals surface area contributed by atoms with E-state index in [9.17, 15) is 4.79 Å². The average molecular weight is 253 g/mol. The highest BCUT2D eigenvalue weighted by Crippen LogP contribution is 2.39. The number of fused-ring (bicyclic) bond motifs is 1. The van der Waals surface area contributed by atoms with Crippen molar-refractivity contribution in [2.45, 2.75) is 12.8 Å². The zero-order valence-corrected chi connectivity index (χ0v) is 10.3. The summed E-state index contributed by atoms with van der Waals surface area (Å²) in [5.41, 5.74) is 0. The molecule has 3 heterocycles. The molecule has 0 atom stereocenters. The van der Waals surface area contributed by atoms with Gasteiger partial charge in [0.25, 0.3) is 0 Å². The number of aliphatic imine (C=N–C) groups is 1. The summed E-state index contributed by atoms with van der Waals surface area (Å²) in [5.74, 6) is 0.517. The van der Waals surface area contributed by atoms with Crippen molar-refractivity contribution in [3.63, 3.8) is 0 Å². The largest absolute Gasteiger partial charge is 0.465 e. The number of hydrogen-bond acceptors (Lipinski definition) is 4. The molecular formula is C11H15N3O2S. The van der Waals surface area contributed by atoms with Crippen LogP contribution in [-0.4, -0.2) is 52.3 Å². The summed E-state index contributed by atoms with van der Waals surface area (Å²) in [5, 5.41) is 10.0. The number of piperidine rings is 1. The highest BCUT2D eigenvalue weighted by atomic mass is 32.2. The molecule has 92 valence electrons. The van der Waals surface area contributed by atoms with Gasteiger partial charge in [-0.15, -0.1) is 0 Å². The Morgan fingerprint density at radius 2 is 2.18 bits per heavy atom. The van der Waals surface area contributed by atoms with Crippen LogP contribution in [0.4, 0.5) is 4.79 Å². The molecule has 0 bridgehead atoms. The number of carboxylic acid groups (broad SMARTS) is 1. The molecular weight excluding hydrogens is 238 g/mol. The van der Waals surface area contributed by atoms with E-state index in [0.717, 1.165) is 31.1 Å². The molecule has 3 aliphatic heterocycles. The highest BCUT2D eigenvalue weighted by molar-refractivity contribution is 8.17. The maximum Gasteiger partial charge on any atom is 0.407 e. The summed E-state index contributed by atoms with van der Waals surface area (Å²) in [6.45, 7) is 3.22. The molecule has 0 aromatic heterocycles. The van der Waals surface area contributed by atoms with Gasteiger partial charge in [-0.3, -0.25) is 4.99 Å². The fraction of sp³-hybridized carbons (Fsp3) is 0.636. The summed E-state index contributed by atoms with van der Waals surface area (Å²) in [4.78, 5) is 20.3. The second kappa shape index (κ2) is 4.25. The van der Waals surface area contributed by atoms with Crippen molar-refractivity contribution in [3.8, 4) is 0 Å². The van der Waals surface area contributed by atoms with E-state index in [1.54, 1.807) is 11.8 Å². The topological polar surface area (TPSA) is 56.1 Å². The van der Waals surface area contributed by atoms with Crippen molar-refractivity contribution in [1.29, 1.82) is 0 Å². The molecule has 0 radical (unpaired) electrons. The van der Waals surface area contributed by atoms with Crippen LogP contribution in [0.5, 0.6) is 0 Å². The lowest BCUT2D eigenvalue weighted by Gasteiger charge is -2.30. The van der Waals surface area contributed by atoms with Crippen molar-refractivity contribution in [1.82, 2.24) is 9.80 Å². The molecule has 1 N–H and O–H groups in total. The van der Waals surface area contributed by atoms with Gasteiger partial charge in [-0.2, -0.15) is 0 Å². The van der Waals surface area contributed by atoms with Gasteiger partial charge in [0.2, 0.25) is 0 Å². The minimum absolute atomic E-state index is 0.517. The number of hydrogen-bond donors (Lipinski definition) is 1. The Balaban J connectivity index is 1.61. The van der Waals surface area contributed by atoms with Gasteiger partial charge in [-0.1, -0.05) is 11.8 Å². The average Bonchev–Trinajstić information content (AvgIpc) is 2.89. The van der Waals surface area contributed by atoms with Crippen LogP contribution in [0.15, 0.2) is 16.1 Å². The van der Waals surface area contributed by atoms with Gasteiger partial charge in [-0.05, 0) is 18.8 Å². The molecule has 3 aliphatic rings. The van der Waals surface area contributed by atoms with Gasteiger partial charge in [0, 0.05) is 30.7 Å². The Labute approximate surface area is 104 Å². The van der Waals surface area contributed by atoms with Gasteiger partial charge < -0.3 is 14.9 Å². The van der Waals surface area contributed by atoms with Gasteiger partial charge >= 0.3 is 6.09 Å². The number of likely N-dealkylation sites (tertiary alicyclic amines) is 1. The molecule has 0 aliphatic carbocycles. The van der Waals surface area contributed by atoms with E-state index >= 15 is 0 Å². The number of amidine groups is 1. The molecule has 0 unspecified atom stereocenters. The van der Waals surface area contributed by atoms with Crippen LogP contribution >= 0.6 is 11.8 Å². The van der Waals surface area contributed by atoms with Crippen molar-refractivity contribution in [2.24, 2.45) is 10.9 Å². The first kappa shape index (κ1) is 11.0. The fourth-order valence-electron chi connectivity index (χ4n) is 2.48. The monoisotopic (exact) mass is 253 g/mol. The predicted octanol–water partition coefficient (Wildman–Crippen LogP) is 1.64. The number of carbonyl (C=O) groups is 1. The van der Waals surface area contributed by atoms with Crippen LogP contribution in [-0.2, 0) is 0 Å². The second-order valence-corrected chi connectivity index (χ2v) is 5.58. The predicted molar refractivity (Wildman–Crippen MR) is 67.0 cm³/mol. The third-order valence-corrected chi connectivity index (χ3v) is 4.71. The van der Waals surface area contributed by atoms with E-state index in [1.807, 2.05) is 0 Å². The van der Waals surface area contributed by atoms with E-state index in [4.69, 9.17) is 5.11 Å². The molecule has 3 rings (SSSR count). The number of allylic oxidation sites excluding steroid dienone is 1. The maximum atomic E-state index is 10.8. The lowest BCUT2D eigenvalue weighted by molar-refractivity contribution is 0.129. The number of nitrogens with zero attached hydrogens (tertiary/aromatic N) is 3. The summed E-state index contributed by atoms with van der Waals surface area (Å²) < 4.78 is 0. The molecule has 0 spiro atoms. The van der Waals surface area contributed by atoms with Crippen LogP contribution in [0.25, 0.3) is 0 Å². The lowest BCUT2D eigenvalue weighted by Crippen LogP contribution is -2.37. The maximum absolute atomic E-state index is 10.8. The number of amides is 1. The van der Waals surface area contributed by atoms with Crippen molar-refractivity contribution < 1.29 is 9.90 Å². The van der Waals surface area contributed by atoms with Crippen LogP contribution in [0, 0.1) is 5.92 Å². The molecule has 1 saturated heterocycles. The normalized spacial score (nSPS) is 24.7. The quantitative estimate of drug-likeness (QED) is 0.771. The summed E-state index contributed by atoms with van der Waals surface area (Å²) >= 11 is 1.77. The Hall–Kier alpha value is -1.17. The van der Waals surface area contributed by atoms with E-state index in [-0.39, 0.29) is 0 Å². The Morgan fingerprint density at radius 3 is 2.82 bits per heavy atom. The molecule has 6 heteroatoms. The van der Waals surface area contributed by atoms with Crippen LogP contribution in [0.1, 0.15) is 12.8 Å². The van der Waals surface area contributed by atoms with Gasteiger partial charge in [0.15, 0.2) is 5.17 Å². The zero-order valence-electron chi connectivity index (χ0n) is 9.50. The molecule has 1 amide bonds. The Bertz CT molecular complexity index is 400. The Kier molecular flexibility index (Phi) is 2.74. The first-order valence-electron chi connectivity index (χ1n) is 5.92. The summed E-state index contributed by atoms with van der Waals surface area (Å²) in [6.07, 6.45) is 3.29. The van der Waals surface area contributed by atoms with Crippen molar-refractivity contribution >= 4 is 23.0 Å². The van der Waals surface area contributed by atoms with E-state index < -0.39 is 6.09 Å². The van der Waals surface area contributed by atoms with Crippen LogP contribution in [0.3, 0.4) is 0 Å². The first-order valence-corrected chi connectivity index (χ1v) is 6.74. The van der Waals surface area contributed by atoms with Crippen LogP contribution < -0.4 is 0 Å². The SMILES string of the molecule is O=C(O)N1CCC(C2=CN3CCN=C3S2)CC1. The van der Waals surface area contributed by atoms with Gasteiger partial charge in [-0.25, -0.2) is 4.79 Å². The standard InChI is InChI=1S/C11H15N3O2S/c15-11(16)13-4-1-8(2-5-13)9-7-14-6-3-12-10(14)17-9/h7-8H,1-6H2,(H,15,16). The minimum atomic E-state index is -0.790. The van der Waals surface area contributed by atoms with E-state index in [2.05, 4.69) is 16.1 Å².